The number of fused-ring (bicyclic) bond motifs is 1. The number of benzene rings is 1. The fourth-order valence-electron chi connectivity index (χ4n) is 3.62. The van der Waals surface area contributed by atoms with Crippen LogP contribution in [-0.2, 0) is 33.3 Å². The van der Waals surface area contributed by atoms with E-state index in [-0.39, 0.29) is 17.7 Å². The summed E-state index contributed by atoms with van der Waals surface area (Å²) in [6, 6.07) is 4.86. The van der Waals surface area contributed by atoms with E-state index in [9.17, 15) is 24.0 Å². The van der Waals surface area contributed by atoms with E-state index in [2.05, 4.69) is 0 Å². The van der Waals surface area contributed by atoms with Crippen LogP contribution in [0.3, 0.4) is 0 Å². The molecular formula is C20H20ClNO9. The number of hydrogen-bond donors (Lipinski definition) is 0. The van der Waals surface area contributed by atoms with Crippen LogP contribution in [0, 0.1) is 0 Å². The Bertz CT molecular complexity index is 898. The van der Waals surface area contributed by atoms with Crippen LogP contribution in [0.1, 0.15) is 41.5 Å². The molecule has 2 heterocycles. The van der Waals surface area contributed by atoms with Crippen molar-refractivity contribution in [3.05, 3.63) is 35.4 Å². The average Bonchev–Trinajstić information content (AvgIpc) is 2.93. The molecule has 2 amide bonds. The second kappa shape index (κ2) is 9.03. The van der Waals surface area contributed by atoms with E-state index in [1.54, 1.807) is 12.1 Å². The lowest BCUT2D eigenvalue weighted by Gasteiger charge is -2.45. The van der Waals surface area contributed by atoms with Gasteiger partial charge < -0.3 is 18.9 Å². The highest BCUT2D eigenvalue weighted by Crippen LogP contribution is 2.36. The van der Waals surface area contributed by atoms with Gasteiger partial charge in [-0.05, 0) is 12.1 Å². The summed E-state index contributed by atoms with van der Waals surface area (Å²) in [5.41, 5.74) is -1.04. The summed E-state index contributed by atoms with van der Waals surface area (Å²) in [5.74, 6) is -3.44. The zero-order valence-electron chi connectivity index (χ0n) is 16.9. The van der Waals surface area contributed by atoms with E-state index < -0.39 is 59.6 Å². The largest absolute Gasteiger partial charge is 0.463 e. The van der Waals surface area contributed by atoms with E-state index in [0.717, 1.165) is 18.7 Å². The average molecular weight is 454 g/mol. The van der Waals surface area contributed by atoms with Gasteiger partial charge in [0.15, 0.2) is 17.8 Å². The molecule has 1 aromatic rings. The van der Waals surface area contributed by atoms with Crippen molar-refractivity contribution in [3.8, 4) is 0 Å². The highest BCUT2D eigenvalue weighted by molar-refractivity contribution is 6.24. The van der Waals surface area contributed by atoms with Crippen molar-refractivity contribution in [2.45, 2.75) is 50.7 Å². The first-order valence-electron chi connectivity index (χ1n) is 9.36. The summed E-state index contributed by atoms with van der Waals surface area (Å²) >= 11 is 6.39. The molecule has 10 nitrogen and oxygen atoms in total. The van der Waals surface area contributed by atoms with Gasteiger partial charge in [0, 0.05) is 20.8 Å². The second-order valence-electron chi connectivity index (χ2n) is 6.99. The lowest BCUT2D eigenvalue weighted by Crippen LogP contribution is -2.65. The Labute approximate surface area is 182 Å². The van der Waals surface area contributed by atoms with Crippen molar-refractivity contribution in [1.29, 1.82) is 0 Å². The Morgan fingerprint density at radius 1 is 0.935 bits per heavy atom. The van der Waals surface area contributed by atoms with E-state index >= 15 is 0 Å². The molecule has 0 bridgehead atoms. The van der Waals surface area contributed by atoms with Crippen LogP contribution in [0.4, 0.5) is 0 Å². The minimum Gasteiger partial charge on any atom is -0.463 e. The summed E-state index contributed by atoms with van der Waals surface area (Å²) in [6.07, 6.45) is -3.77. The fraction of sp³-hybridized carbons (Fsp3) is 0.450. The Morgan fingerprint density at radius 3 is 1.94 bits per heavy atom. The van der Waals surface area contributed by atoms with Gasteiger partial charge in [0.05, 0.1) is 11.1 Å². The zero-order valence-corrected chi connectivity index (χ0v) is 17.7. The molecule has 3 rings (SSSR count). The van der Waals surface area contributed by atoms with Gasteiger partial charge >= 0.3 is 17.9 Å². The van der Waals surface area contributed by atoms with Gasteiger partial charge in [0.25, 0.3) is 11.8 Å². The Balaban J connectivity index is 2.01. The predicted molar refractivity (Wildman–Crippen MR) is 103 cm³/mol. The lowest BCUT2D eigenvalue weighted by atomic mass is 9.96. The molecule has 1 aromatic carbocycles. The molecule has 11 heteroatoms. The minimum atomic E-state index is -1.36. The zero-order chi connectivity index (χ0) is 22.9. The van der Waals surface area contributed by atoms with Crippen LogP contribution in [0.2, 0.25) is 0 Å². The van der Waals surface area contributed by atoms with Crippen LogP contribution in [0.5, 0.6) is 0 Å². The van der Waals surface area contributed by atoms with Crippen molar-refractivity contribution in [2.24, 2.45) is 0 Å². The molecule has 0 N–H and O–H groups in total. The number of esters is 3. The molecule has 0 saturated carbocycles. The Hall–Kier alpha value is -2.98. The summed E-state index contributed by atoms with van der Waals surface area (Å²) in [6.45, 7) is 3.05. The molecule has 0 unspecified atom stereocenters. The predicted octanol–water partition coefficient (Wildman–Crippen LogP) is 1.04. The number of nitrogens with zero attached hydrogens (tertiary/aromatic N) is 1. The summed E-state index contributed by atoms with van der Waals surface area (Å²) in [4.78, 5) is 61.6. The number of imide groups is 1. The summed E-state index contributed by atoms with van der Waals surface area (Å²) in [7, 11) is 0. The van der Waals surface area contributed by atoms with Crippen LogP contribution >= 0.6 is 11.6 Å². The quantitative estimate of drug-likeness (QED) is 0.278. The Kier molecular flexibility index (Phi) is 6.61. The molecule has 166 valence electrons. The number of carbonyl (C=O) groups is 5. The fourth-order valence-corrected chi connectivity index (χ4v) is 4.01. The van der Waals surface area contributed by atoms with Crippen molar-refractivity contribution in [3.63, 3.8) is 0 Å². The number of halogens is 1. The van der Waals surface area contributed by atoms with E-state index in [4.69, 9.17) is 30.5 Å². The number of carbonyl (C=O) groups excluding carboxylic acids is 5. The van der Waals surface area contributed by atoms with Gasteiger partial charge in [-0.1, -0.05) is 23.7 Å². The standard InChI is InChI=1S/C20H20ClNO9/c1-9(23)28-8-14-16(29-10(2)24)17(30-11(3)25)15(18(21)31-14)22-19(26)12-6-4-5-7-13(12)20(22)27/h4-7,14-18H,8H2,1-3H3/t14-,15+,16-,17-,18+/m1/s1. The third-order valence-corrected chi connectivity index (χ3v) is 5.14. The molecule has 2 aliphatic rings. The molecular weight excluding hydrogens is 434 g/mol. The van der Waals surface area contributed by atoms with Crippen LogP contribution < -0.4 is 0 Å². The van der Waals surface area contributed by atoms with E-state index in [1.165, 1.54) is 19.1 Å². The van der Waals surface area contributed by atoms with Gasteiger partial charge in [-0.25, -0.2) is 0 Å². The molecule has 5 atom stereocenters. The highest BCUT2D eigenvalue weighted by atomic mass is 35.5. The van der Waals surface area contributed by atoms with Crippen molar-refractivity contribution >= 4 is 41.3 Å². The maximum absolute atomic E-state index is 13.0. The van der Waals surface area contributed by atoms with Crippen molar-refractivity contribution < 1.29 is 42.9 Å². The van der Waals surface area contributed by atoms with Gasteiger partial charge in [-0.3, -0.25) is 28.9 Å². The van der Waals surface area contributed by atoms with Gasteiger partial charge in [-0.15, -0.1) is 0 Å². The molecule has 31 heavy (non-hydrogen) atoms. The maximum atomic E-state index is 13.0. The molecule has 0 spiro atoms. The Morgan fingerprint density at radius 2 is 1.45 bits per heavy atom. The summed E-state index contributed by atoms with van der Waals surface area (Å²) < 4.78 is 21.3. The first-order chi connectivity index (χ1) is 14.6. The number of ether oxygens (including phenoxy) is 4. The molecule has 2 aliphatic heterocycles. The molecule has 1 saturated heterocycles. The molecule has 1 fully saturated rings. The number of rotatable bonds is 5. The number of amides is 2. The third-order valence-electron chi connectivity index (χ3n) is 4.78. The second-order valence-corrected chi connectivity index (χ2v) is 7.42. The third kappa shape index (κ3) is 4.54. The van der Waals surface area contributed by atoms with E-state index in [1.807, 2.05) is 0 Å². The molecule has 0 radical (unpaired) electrons. The first kappa shape index (κ1) is 22.7. The highest BCUT2D eigenvalue weighted by Gasteiger charge is 2.56. The van der Waals surface area contributed by atoms with Gasteiger partial charge in [0.2, 0.25) is 0 Å². The number of alkyl halides is 1. The van der Waals surface area contributed by atoms with Gasteiger partial charge in [0.1, 0.15) is 18.8 Å². The maximum Gasteiger partial charge on any atom is 0.303 e. The van der Waals surface area contributed by atoms with Crippen LogP contribution in [0.15, 0.2) is 24.3 Å². The number of hydrogen-bond acceptors (Lipinski definition) is 9. The molecule has 0 aromatic heterocycles. The van der Waals surface area contributed by atoms with Crippen LogP contribution in [0.25, 0.3) is 0 Å². The smallest absolute Gasteiger partial charge is 0.303 e. The first-order valence-corrected chi connectivity index (χ1v) is 9.79. The normalized spacial score (nSPS) is 27.5. The summed E-state index contributed by atoms with van der Waals surface area (Å²) in [5, 5.41) is 0. The minimum absolute atomic E-state index is 0.156. The van der Waals surface area contributed by atoms with Crippen molar-refractivity contribution in [2.75, 3.05) is 6.61 Å². The van der Waals surface area contributed by atoms with Gasteiger partial charge in [-0.2, -0.15) is 0 Å². The van der Waals surface area contributed by atoms with E-state index in [0.29, 0.717) is 0 Å². The SMILES string of the molecule is CC(=O)OC[C@H]1O[C@H](Cl)[C@@H](N2C(=O)c3ccccc3C2=O)[C@@H](OC(C)=O)[C@@H]1OC(C)=O. The molecule has 0 aliphatic carbocycles. The van der Waals surface area contributed by atoms with Crippen LogP contribution in [-0.4, -0.2) is 71.1 Å². The van der Waals surface area contributed by atoms with Crippen molar-refractivity contribution in [1.82, 2.24) is 4.90 Å². The monoisotopic (exact) mass is 453 g/mol. The lowest BCUT2D eigenvalue weighted by molar-refractivity contribution is -0.218. The topological polar surface area (TPSA) is 126 Å².